The van der Waals surface area contributed by atoms with Crippen molar-refractivity contribution in [2.24, 2.45) is 5.92 Å². The Hall–Kier alpha value is -1.40. The number of hydrogen-bond donors (Lipinski definition) is 2. The molecule has 0 spiro atoms. The van der Waals surface area contributed by atoms with E-state index in [0.29, 0.717) is 0 Å². The summed E-state index contributed by atoms with van der Waals surface area (Å²) in [7, 11) is 0. The van der Waals surface area contributed by atoms with Crippen molar-refractivity contribution >= 4 is 11.6 Å². The number of aromatic nitrogens is 2. The van der Waals surface area contributed by atoms with Gasteiger partial charge >= 0.3 is 0 Å². The molecule has 2 fully saturated rings. The van der Waals surface area contributed by atoms with E-state index in [0.717, 1.165) is 50.3 Å². The average molecular weight is 291 g/mol. The Morgan fingerprint density at radius 3 is 2.71 bits per heavy atom. The van der Waals surface area contributed by atoms with Gasteiger partial charge < -0.3 is 15.3 Å². The van der Waals surface area contributed by atoms with Crippen LogP contribution < -0.4 is 10.2 Å². The average Bonchev–Trinajstić information content (AvgIpc) is 3.37. The normalized spacial score (nSPS) is 21.3. The summed E-state index contributed by atoms with van der Waals surface area (Å²) in [5.41, 5.74) is 0. The molecule has 1 aromatic heterocycles. The smallest absolute Gasteiger partial charge is 0.134 e. The van der Waals surface area contributed by atoms with E-state index >= 15 is 0 Å². The molecule has 2 N–H and O–H groups in total. The van der Waals surface area contributed by atoms with E-state index in [4.69, 9.17) is 0 Å². The van der Waals surface area contributed by atoms with Gasteiger partial charge in [-0.15, -0.1) is 0 Å². The molecule has 1 aromatic rings. The Balaban J connectivity index is 1.55. The molecule has 3 rings (SSSR count). The first-order valence-electron chi connectivity index (χ1n) is 7.92. The minimum absolute atomic E-state index is 0.225. The molecular weight excluding hydrogens is 266 g/mol. The van der Waals surface area contributed by atoms with Crippen LogP contribution in [0, 0.1) is 5.92 Å². The summed E-state index contributed by atoms with van der Waals surface area (Å²) in [6.45, 7) is 7.15. The second-order valence-corrected chi connectivity index (χ2v) is 6.14. The van der Waals surface area contributed by atoms with Gasteiger partial charge in [-0.1, -0.05) is 0 Å². The third-order valence-electron chi connectivity index (χ3n) is 4.45. The Morgan fingerprint density at radius 1 is 1.29 bits per heavy atom. The van der Waals surface area contributed by atoms with E-state index in [9.17, 15) is 5.11 Å². The lowest BCUT2D eigenvalue weighted by atomic mass is 10.2. The molecule has 1 atom stereocenters. The van der Waals surface area contributed by atoms with E-state index in [1.54, 1.807) is 6.33 Å². The van der Waals surface area contributed by atoms with Crippen molar-refractivity contribution in [3.63, 3.8) is 0 Å². The molecular formula is C15H25N5O. The zero-order valence-corrected chi connectivity index (χ0v) is 12.7. The number of aliphatic hydroxyl groups excluding tert-OH is 1. The van der Waals surface area contributed by atoms with Gasteiger partial charge in [0.2, 0.25) is 0 Å². The minimum atomic E-state index is 0.225. The summed E-state index contributed by atoms with van der Waals surface area (Å²) in [5.74, 6) is 2.77. The topological polar surface area (TPSA) is 64.5 Å². The van der Waals surface area contributed by atoms with E-state index in [1.807, 2.05) is 6.07 Å². The molecule has 2 heterocycles. The van der Waals surface area contributed by atoms with Crippen LogP contribution >= 0.6 is 0 Å². The summed E-state index contributed by atoms with van der Waals surface area (Å²) < 4.78 is 0. The lowest BCUT2D eigenvalue weighted by Gasteiger charge is -2.38. The molecule has 0 unspecified atom stereocenters. The first-order chi connectivity index (χ1) is 10.3. The van der Waals surface area contributed by atoms with E-state index in [2.05, 4.69) is 32.0 Å². The maximum Gasteiger partial charge on any atom is 0.134 e. The summed E-state index contributed by atoms with van der Waals surface area (Å²) in [4.78, 5) is 13.3. The Bertz CT molecular complexity index is 457. The first kappa shape index (κ1) is 14.5. The van der Waals surface area contributed by atoms with Gasteiger partial charge in [-0.2, -0.15) is 0 Å². The lowest BCUT2D eigenvalue weighted by Crippen LogP contribution is -2.50. The third kappa shape index (κ3) is 3.83. The highest BCUT2D eigenvalue weighted by molar-refractivity contribution is 5.48. The molecule has 1 aliphatic carbocycles. The maximum absolute atomic E-state index is 9.23. The molecule has 0 bridgehead atoms. The van der Waals surface area contributed by atoms with Crippen molar-refractivity contribution < 1.29 is 5.11 Å². The first-order valence-corrected chi connectivity index (χ1v) is 7.92. The fourth-order valence-corrected chi connectivity index (χ4v) is 2.69. The summed E-state index contributed by atoms with van der Waals surface area (Å²) >= 11 is 0. The maximum atomic E-state index is 9.23. The number of piperazine rings is 1. The second kappa shape index (κ2) is 6.58. The van der Waals surface area contributed by atoms with Gasteiger partial charge in [0.1, 0.15) is 18.0 Å². The molecule has 6 heteroatoms. The predicted octanol–water partition coefficient (Wildman–Crippen LogP) is 0.801. The molecule has 0 amide bonds. The number of nitrogens with one attached hydrogen (secondary N) is 1. The van der Waals surface area contributed by atoms with E-state index in [1.165, 1.54) is 12.8 Å². The van der Waals surface area contributed by atoms with Crippen LogP contribution in [0.2, 0.25) is 0 Å². The van der Waals surface area contributed by atoms with Crippen LogP contribution in [0.25, 0.3) is 0 Å². The molecule has 116 valence electrons. The molecule has 1 saturated carbocycles. The third-order valence-corrected chi connectivity index (χ3v) is 4.45. The largest absolute Gasteiger partial charge is 0.395 e. The van der Waals surface area contributed by atoms with Gasteiger partial charge in [-0.05, 0) is 25.7 Å². The highest BCUT2D eigenvalue weighted by atomic mass is 16.3. The number of nitrogens with zero attached hydrogens (tertiary/aromatic N) is 4. The molecule has 1 saturated heterocycles. The molecule has 2 aliphatic rings. The molecule has 6 nitrogen and oxygen atoms in total. The standard InChI is InChI=1S/C15H25N5O/c1-12(10-21)19-4-6-20(7-5-19)15-8-14(17-11-18-15)16-9-13-2-3-13/h8,11-13,21H,2-7,9-10H2,1H3,(H,16,17,18)/t12-/m1/s1. The fraction of sp³-hybridized carbons (Fsp3) is 0.733. The van der Waals surface area contributed by atoms with Crippen LogP contribution in [0.15, 0.2) is 12.4 Å². The number of rotatable bonds is 6. The van der Waals surface area contributed by atoms with Gasteiger partial charge in [-0.3, -0.25) is 4.90 Å². The number of aliphatic hydroxyl groups is 1. The Labute approximate surface area is 126 Å². The van der Waals surface area contributed by atoms with Crippen molar-refractivity contribution in [1.82, 2.24) is 14.9 Å². The van der Waals surface area contributed by atoms with E-state index in [-0.39, 0.29) is 12.6 Å². The van der Waals surface area contributed by atoms with Crippen LogP contribution in [-0.2, 0) is 0 Å². The van der Waals surface area contributed by atoms with Gasteiger partial charge in [0.15, 0.2) is 0 Å². The Morgan fingerprint density at radius 2 is 2.05 bits per heavy atom. The van der Waals surface area contributed by atoms with Crippen LogP contribution in [0.5, 0.6) is 0 Å². The van der Waals surface area contributed by atoms with Crippen molar-refractivity contribution in [2.45, 2.75) is 25.8 Å². The zero-order valence-electron chi connectivity index (χ0n) is 12.7. The lowest BCUT2D eigenvalue weighted by molar-refractivity contribution is 0.128. The fourth-order valence-electron chi connectivity index (χ4n) is 2.69. The molecule has 0 aromatic carbocycles. The monoisotopic (exact) mass is 291 g/mol. The SMILES string of the molecule is C[C@H](CO)N1CCN(c2cc(NCC3CC3)ncn2)CC1. The van der Waals surface area contributed by atoms with Gasteiger partial charge in [0.05, 0.1) is 6.61 Å². The second-order valence-electron chi connectivity index (χ2n) is 6.14. The highest BCUT2D eigenvalue weighted by Crippen LogP contribution is 2.29. The molecule has 1 aliphatic heterocycles. The number of hydrogen-bond acceptors (Lipinski definition) is 6. The van der Waals surface area contributed by atoms with E-state index < -0.39 is 0 Å². The van der Waals surface area contributed by atoms with Crippen molar-refractivity contribution in [3.8, 4) is 0 Å². The van der Waals surface area contributed by atoms with Crippen molar-refractivity contribution in [3.05, 3.63) is 12.4 Å². The zero-order chi connectivity index (χ0) is 14.7. The summed E-state index contributed by atoms with van der Waals surface area (Å²) in [6, 6.07) is 2.29. The Kier molecular flexibility index (Phi) is 4.55. The van der Waals surface area contributed by atoms with Gasteiger partial charge in [0.25, 0.3) is 0 Å². The van der Waals surface area contributed by atoms with Crippen LogP contribution in [0.3, 0.4) is 0 Å². The molecule has 21 heavy (non-hydrogen) atoms. The summed E-state index contributed by atoms with van der Waals surface area (Å²) in [5, 5.41) is 12.6. The number of anilines is 2. The predicted molar refractivity (Wildman–Crippen MR) is 83.6 cm³/mol. The van der Waals surface area contributed by atoms with Crippen LogP contribution in [0.4, 0.5) is 11.6 Å². The quantitative estimate of drug-likeness (QED) is 0.808. The highest BCUT2D eigenvalue weighted by Gasteiger charge is 2.23. The van der Waals surface area contributed by atoms with Crippen LogP contribution in [-0.4, -0.2) is 65.3 Å². The minimum Gasteiger partial charge on any atom is -0.395 e. The van der Waals surface area contributed by atoms with Crippen LogP contribution in [0.1, 0.15) is 19.8 Å². The summed E-state index contributed by atoms with van der Waals surface area (Å²) in [6.07, 6.45) is 4.33. The van der Waals surface area contributed by atoms with Crippen molar-refractivity contribution in [1.29, 1.82) is 0 Å². The van der Waals surface area contributed by atoms with Crippen molar-refractivity contribution in [2.75, 3.05) is 49.5 Å². The van der Waals surface area contributed by atoms with Gasteiger partial charge in [0, 0.05) is 44.8 Å². The van der Waals surface area contributed by atoms with Gasteiger partial charge in [-0.25, -0.2) is 9.97 Å². The molecule has 0 radical (unpaired) electrons.